The molecule has 1 aromatic rings. The minimum atomic E-state index is -3.53. The van der Waals surface area contributed by atoms with Crippen molar-refractivity contribution in [3.63, 3.8) is 0 Å². The van der Waals surface area contributed by atoms with Gasteiger partial charge in [0.1, 0.15) is 0 Å². The lowest BCUT2D eigenvalue weighted by Crippen LogP contribution is -2.34. The average Bonchev–Trinajstić information content (AvgIpc) is 2.52. The van der Waals surface area contributed by atoms with Gasteiger partial charge in [-0.1, -0.05) is 51.0 Å². The third kappa shape index (κ3) is 7.27. The second-order valence-corrected chi connectivity index (χ2v) is 7.59. The van der Waals surface area contributed by atoms with E-state index in [0.717, 1.165) is 31.2 Å². The van der Waals surface area contributed by atoms with E-state index in [1.807, 2.05) is 12.1 Å². The highest BCUT2D eigenvalue weighted by Gasteiger charge is 2.19. The van der Waals surface area contributed by atoms with Gasteiger partial charge in [-0.15, -0.1) is 0 Å². The average molecular weight is 353 g/mol. The molecule has 24 heavy (non-hydrogen) atoms. The molecular weight excluding hydrogens is 324 g/mol. The number of sulfonamides is 1. The Balaban J connectivity index is 2.84. The maximum Gasteiger partial charge on any atom is 0.240 e. The van der Waals surface area contributed by atoms with Gasteiger partial charge in [-0.05, 0) is 37.0 Å². The van der Waals surface area contributed by atoms with E-state index < -0.39 is 10.0 Å². The topological polar surface area (TPSA) is 89.3 Å². The van der Waals surface area contributed by atoms with Gasteiger partial charge < -0.3 is 5.73 Å². The van der Waals surface area contributed by atoms with E-state index in [2.05, 4.69) is 18.6 Å². The first-order chi connectivity index (χ1) is 11.4. The van der Waals surface area contributed by atoms with Crippen LogP contribution in [0.2, 0.25) is 0 Å². The number of primary amides is 1. The number of benzene rings is 1. The van der Waals surface area contributed by atoms with Gasteiger partial charge in [0.2, 0.25) is 15.9 Å². The smallest absolute Gasteiger partial charge is 0.240 e. The van der Waals surface area contributed by atoms with E-state index in [1.165, 1.54) is 0 Å². The molecule has 0 spiro atoms. The summed E-state index contributed by atoms with van der Waals surface area (Å²) in [6.45, 7) is 4.10. The number of hydrogen-bond acceptors (Lipinski definition) is 3. The van der Waals surface area contributed by atoms with E-state index in [1.54, 1.807) is 24.3 Å². The molecule has 134 valence electrons. The predicted molar refractivity (Wildman–Crippen MR) is 97.8 cm³/mol. The molecule has 3 N–H and O–H groups in total. The first-order valence-corrected chi connectivity index (χ1v) is 9.94. The molecule has 0 aliphatic heterocycles. The summed E-state index contributed by atoms with van der Waals surface area (Å²) >= 11 is 0. The number of carbonyl (C=O) groups excluding carboxylic acids is 1. The number of nitrogens with one attached hydrogen (secondary N) is 1. The number of carbonyl (C=O) groups is 1. The molecule has 6 heteroatoms. The lowest BCUT2D eigenvalue weighted by atomic mass is 10.1. The summed E-state index contributed by atoms with van der Waals surface area (Å²) in [5.74, 6) is -0.349. The predicted octanol–water partition coefficient (Wildman–Crippen LogP) is 3.21. The zero-order valence-electron chi connectivity index (χ0n) is 14.5. The number of rotatable bonds is 11. The molecule has 0 saturated heterocycles. The van der Waals surface area contributed by atoms with Gasteiger partial charge in [-0.2, -0.15) is 0 Å². The van der Waals surface area contributed by atoms with Crippen LogP contribution in [0, 0.1) is 0 Å². The monoisotopic (exact) mass is 352 g/mol. The Kier molecular flexibility index (Phi) is 8.71. The fourth-order valence-electron chi connectivity index (χ4n) is 2.48. The van der Waals surface area contributed by atoms with Gasteiger partial charge >= 0.3 is 0 Å². The molecule has 0 unspecified atom stereocenters. The Bertz CT molecular complexity index is 648. The van der Waals surface area contributed by atoms with Gasteiger partial charge in [-0.3, -0.25) is 4.79 Å². The Morgan fingerprint density at radius 2 is 1.92 bits per heavy atom. The molecule has 0 heterocycles. The minimum Gasteiger partial charge on any atom is -0.370 e. The number of allylic oxidation sites excluding steroid dienone is 1. The van der Waals surface area contributed by atoms with Gasteiger partial charge in [-0.25, -0.2) is 13.1 Å². The van der Waals surface area contributed by atoms with Crippen LogP contribution in [0.25, 0.3) is 6.08 Å². The molecule has 0 radical (unpaired) electrons. The fraction of sp³-hybridized carbons (Fsp3) is 0.500. The maximum atomic E-state index is 12.6. The highest BCUT2D eigenvalue weighted by atomic mass is 32.2. The molecule has 0 bridgehead atoms. The van der Waals surface area contributed by atoms with Crippen LogP contribution in [-0.4, -0.2) is 20.4 Å². The van der Waals surface area contributed by atoms with Crippen molar-refractivity contribution in [2.24, 2.45) is 5.73 Å². The first-order valence-electron chi connectivity index (χ1n) is 8.46. The maximum absolute atomic E-state index is 12.6. The van der Waals surface area contributed by atoms with Crippen molar-refractivity contribution in [3.05, 3.63) is 35.9 Å². The van der Waals surface area contributed by atoms with Crippen molar-refractivity contribution < 1.29 is 13.2 Å². The Morgan fingerprint density at radius 1 is 1.25 bits per heavy atom. The highest BCUT2D eigenvalue weighted by molar-refractivity contribution is 7.89. The second-order valence-electron chi connectivity index (χ2n) is 5.88. The van der Waals surface area contributed by atoms with Crippen LogP contribution in [0.5, 0.6) is 0 Å². The van der Waals surface area contributed by atoms with Crippen LogP contribution in [0.15, 0.2) is 35.2 Å². The van der Waals surface area contributed by atoms with E-state index in [9.17, 15) is 13.2 Å². The van der Waals surface area contributed by atoms with Gasteiger partial charge in [0.15, 0.2) is 0 Å². The van der Waals surface area contributed by atoms with Crippen molar-refractivity contribution in [2.45, 2.75) is 63.3 Å². The molecule has 1 rings (SSSR count). The highest BCUT2D eigenvalue weighted by Crippen LogP contribution is 2.16. The van der Waals surface area contributed by atoms with Crippen molar-refractivity contribution in [2.75, 3.05) is 0 Å². The van der Waals surface area contributed by atoms with Crippen LogP contribution in [0.3, 0.4) is 0 Å². The third-order valence-corrected chi connectivity index (χ3v) is 5.15. The number of amides is 1. The summed E-state index contributed by atoms with van der Waals surface area (Å²) in [7, 11) is -3.53. The first kappa shape index (κ1) is 20.4. The minimum absolute atomic E-state index is 0.0280. The van der Waals surface area contributed by atoms with Crippen LogP contribution >= 0.6 is 0 Å². The molecular formula is C18H28N2O3S. The quantitative estimate of drug-likeness (QED) is 0.641. The molecule has 0 saturated carbocycles. The summed E-state index contributed by atoms with van der Waals surface area (Å²) in [5.41, 5.74) is 5.87. The molecule has 1 amide bonds. The molecule has 0 aliphatic rings. The van der Waals surface area contributed by atoms with Crippen molar-refractivity contribution >= 4 is 22.0 Å². The van der Waals surface area contributed by atoms with Gasteiger partial charge in [0, 0.05) is 12.5 Å². The van der Waals surface area contributed by atoms with Gasteiger partial charge in [0.05, 0.1) is 4.90 Å². The Labute approximate surface area is 145 Å². The number of hydrogen-bond donors (Lipinski definition) is 2. The third-order valence-electron chi connectivity index (χ3n) is 3.63. The summed E-state index contributed by atoms with van der Waals surface area (Å²) < 4.78 is 27.9. The summed E-state index contributed by atoms with van der Waals surface area (Å²) in [6, 6.07) is 6.75. The molecule has 5 nitrogen and oxygen atoms in total. The van der Waals surface area contributed by atoms with E-state index >= 15 is 0 Å². The summed E-state index contributed by atoms with van der Waals surface area (Å²) in [6.07, 6.45) is 8.00. The standard InChI is InChI=1S/C18H28N2O3S/c1-3-8-16(9-4-2)20-24(22,23)17-12-7-11-15(14-17)10-5-6-13-18(19)21/h5,7,10-12,14,16,20H,3-4,6,8-9,13H2,1-2H3,(H2,19,21). The van der Waals surface area contributed by atoms with E-state index in [0.29, 0.717) is 6.42 Å². The van der Waals surface area contributed by atoms with Crippen molar-refractivity contribution in [3.8, 4) is 0 Å². The van der Waals surface area contributed by atoms with Gasteiger partial charge in [0.25, 0.3) is 0 Å². The second kappa shape index (κ2) is 10.3. The number of nitrogens with two attached hydrogens (primary N) is 1. The fourth-order valence-corrected chi connectivity index (χ4v) is 3.84. The molecule has 0 atom stereocenters. The van der Waals surface area contributed by atoms with Crippen LogP contribution in [0.1, 0.15) is 57.9 Å². The van der Waals surface area contributed by atoms with Crippen molar-refractivity contribution in [1.82, 2.24) is 4.72 Å². The largest absolute Gasteiger partial charge is 0.370 e. The zero-order chi connectivity index (χ0) is 18.0. The lowest BCUT2D eigenvalue weighted by molar-refractivity contribution is -0.117. The van der Waals surface area contributed by atoms with E-state index in [4.69, 9.17) is 5.73 Å². The SMILES string of the molecule is CCCC(CCC)NS(=O)(=O)c1cccc(C=CCCC(N)=O)c1. The van der Waals surface area contributed by atoms with Crippen LogP contribution in [-0.2, 0) is 14.8 Å². The summed E-state index contributed by atoms with van der Waals surface area (Å²) in [5, 5.41) is 0. The van der Waals surface area contributed by atoms with Crippen molar-refractivity contribution in [1.29, 1.82) is 0 Å². The zero-order valence-corrected chi connectivity index (χ0v) is 15.3. The van der Waals surface area contributed by atoms with E-state index in [-0.39, 0.29) is 23.3 Å². The normalized spacial score (nSPS) is 12.1. The Hall–Kier alpha value is -1.66. The Morgan fingerprint density at radius 3 is 2.50 bits per heavy atom. The summed E-state index contributed by atoms with van der Waals surface area (Å²) in [4.78, 5) is 11.0. The molecule has 0 fully saturated rings. The molecule has 0 aliphatic carbocycles. The lowest BCUT2D eigenvalue weighted by Gasteiger charge is -2.17. The molecule has 1 aromatic carbocycles. The van der Waals surface area contributed by atoms with Crippen LogP contribution < -0.4 is 10.5 Å². The van der Waals surface area contributed by atoms with Crippen LogP contribution in [0.4, 0.5) is 0 Å². The molecule has 0 aromatic heterocycles.